The molecule has 1 atom stereocenters. The molecule has 1 aromatic carbocycles. The van der Waals surface area contributed by atoms with Crippen molar-refractivity contribution in [1.82, 2.24) is 0 Å². The first kappa shape index (κ1) is 15.4. The summed E-state index contributed by atoms with van der Waals surface area (Å²) in [5, 5.41) is 0. The molecule has 1 saturated carbocycles. The molecule has 0 bridgehead atoms. The predicted octanol–water partition coefficient (Wildman–Crippen LogP) is 3.63. The molecule has 1 aliphatic heterocycles. The van der Waals surface area contributed by atoms with Crippen LogP contribution in [0.4, 0.5) is 14.5 Å². The van der Waals surface area contributed by atoms with Crippen LogP contribution in [0.5, 0.6) is 0 Å². The summed E-state index contributed by atoms with van der Waals surface area (Å²) in [6.07, 6.45) is 0.954. The third-order valence-electron chi connectivity index (χ3n) is 4.61. The van der Waals surface area contributed by atoms with Crippen LogP contribution in [0.3, 0.4) is 0 Å². The monoisotopic (exact) mass is 309 g/mol. The third-order valence-corrected chi connectivity index (χ3v) is 4.61. The summed E-state index contributed by atoms with van der Waals surface area (Å²) in [7, 11) is 0. The van der Waals surface area contributed by atoms with E-state index >= 15 is 0 Å². The molecule has 0 N–H and O–H groups in total. The van der Waals surface area contributed by atoms with E-state index in [0.29, 0.717) is 13.2 Å². The average Bonchev–Trinajstić information content (AvgIpc) is 3.02. The summed E-state index contributed by atoms with van der Waals surface area (Å²) < 4.78 is 32.1. The van der Waals surface area contributed by atoms with Crippen molar-refractivity contribution in [3.63, 3.8) is 0 Å². The zero-order chi connectivity index (χ0) is 15.6. The van der Waals surface area contributed by atoms with E-state index < -0.39 is 5.92 Å². The maximum atomic E-state index is 13.3. The molecule has 0 unspecified atom stereocenters. The minimum atomic E-state index is -2.61. The van der Waals surface area contributed by atoms with Crippen molar-refractivity contribution in [2.24, 2.45) is 5.92 Å². The number of para-hydroxylation sites is 1. The molecule has 1 aromatic rings. The summed E-state index contributed by atoms with van der Waals surface area (Å²) in [4.78, 5) is 14.7. The van der Waals surface area contributed by atoms with Crippen LogP contribution in [0.15, 0.2) is 30.3 Å². The number of alkyl halides is 2. The minimum Gasteiger partial charge on any atom is -0.379 e. The number of hydrogen-bond donors (Lipinski definition) is 0. The number of ether oxygens (including phenoxy) is 1. The number of benzene rings is 1. The highest BCUT2D eigenvalue weighted by Gasteiger charge is 2.40. The van der Waals surface area contributed by atoms with Crippen molar-refractivity contribution in [3.8, 4) is 0 Å². The lowest BCUT2D eigenvalue weighted by atomic mass is 9.85. The number of carbonyl (C=O) groups is 1. The fourth-order valence-electron chi connectivity index (χ4n) is 3.32. The number of nitrogens with zero attached hydrogens (tertiary/aromatic N) is 1. The van der Waals surface area contributed by atoms with Gasteiger partial charge < -0.3 is 9.64 Å². The summed E-state index contributed by atoms with van der Waals surface area (Å²) in [6, 6.07) is 9.48. The van der Waals surface area contributed by atoms with Crippen LogP contribution in [-0.4, -0.2) is 31.1 Å². The van der Waals surface area contributed by atoms with E-state index in [2.05, 4.69) is 0 Å². The molecule has 120 valence electrons. The summed E-state index contributed by atoms with van der Waals surface area (Å²) in [6.45, 7) is 1.16. The van der Waals surface area contributed by atoms with Crippen LogP contribution in [0.2, 0.25) is 0 Å². The third kappa shape index (κ3) is 3.29. The Morgan fingerprint density at radius 3 is 2.41 bits per heavy atom. The first-order valence-corrected chi connectivity index (χ1v) is 7.90. The molecule has 0 radical (unpaired) electrons. The minimum absolute atomic E-state index is 0.0114. The molecule has 22 heavy (non-hydrogen) atoms. The number of halogens is 2. The number of rotatable bonds is 3. The Balaban J connectivity index is 1.78. The highest BCUT2D eigenvalue weighted by atomic mass is 19.3. The van der Waals surface area contributed by atoms with Gasteiger partial charge in [0.25, 0.3) is 0 Å². The van der Waals surface area contributed by atoms with Gasteiger partial charge in [-0.3, -0.25) is 4.79 Å². The van der Waals surface area contributed by atoms with E-state index in [1.54, 1.807) is 4.90 Å². The second-order valence-electron chi connectivity index (χ2n) is 6.19. The summed E-state index contributed by atoms with van der Waals surface area (Å²) >= 11 is 0. The van der Waals surface area contributed by atoms with E-state index in [4.69, 9.17) is 4.74 Å². The second-order valence-corrected chi connectivity index (χ2v) is 6.19. The molecule has 1 amide bonds. The Labute approximate surface area is 129 Å². The van der Waals surface area contributed by atoms with Gasteiger partial charge in [0.05, 0.1) is 12.6 Å². The Kier molecular flexibility index (Phi) is 4.43. The van der Waals surface area contributed by atoms with Crippen LogP contribution < -0.4 is 4.90 Å². The molecule has 2 fully saturated rings. The highest BCUT2D eigenvalue weighted by molar-refractivity contribution is 5.95. The Morgan fingerprint density at radius 2 is 1.82 bits per heavy atom. The molecule has 3 rings (SSSR count). The van der Waals surface area contributed by atoms with Gasteiger partial charge in [-0.2, -0.15) is 0 Å². The van der Waals surface area contributed by atoms with E-state index in [-0.39, 0.29) is 43.6 Å². The normalized spacial score (nSPS) is 25.1. The quantitative estimate of drug-likeness (QED) is 0.853. The van der Waals surface area contributed by atoms with Gasteiger partial charge in [0.1, 0.15) is 0 Å². The van der Waals surface area contributed by atoms with Gasteiger partial charge in [0, 0.05) is 31.1 Å². The standard InChI is InChI=1S/C17H21F2NO2/c18-17(19)9-6-13(7-10-17)16(21)20(15-8-11-22-12-15)14-4-2-1-3-5-14/h1-5,13,15H,6-12H2/t15-/m1/s1. The highest BCUT2D eigenvalue weighted by Crippen LogP contribution is 2.38. The van der Waals surface area contributed by atoms with Crippen molar-refractivity contribution in [2.75, 3.05) is 18.1 Å². The zero-order valence-electron chi connectivity index (χ0n) is 12.5. The average molecular weight is 309 g/mol. The number of carbonyl (C=O) groups excluding carboxylic acids is 1. The summed E-state index contributed by atoms with van der Waals surface area (Å²) in [5.74, 6) is -2.94. The zero-order valence-corrected chi connectivity index (χ0v) is 12.5. The SMILES string of the molecule is O=C(C1CCC(F)(F)CC1)N(c1ccccc1)[C@@H]1CCOC1. The van der Waals surface area contributed by atoms with Gasteiger partial charge in [-0.1, -0.05) is 18.2 Å². The lowest BCUT2D eigenvalue weighted by Crippen LogP contribution is -2.45. The molecular formula is C17H21F2NO2. The number of anilines is 1. The Bertz CT molecular complexity index is 505. The fraction of sp³-hybridized carbons (Fsp3) is 0.588. The molecule has 0 aromatic heterocycles. The maximum absolute atomic E-state index is 13.3. The Morgan fingerprint density at radius 1 is 1.14 bits per heavy atom. The first-order valence-electron chi connectivity index (χ1n) is 7.90. The van der Waals surface area contributed by atoms with Gasteiger partial charge in [-0.25, -0.2) is 8.78 Å². The van der Waals surface area contributed by atoms with Crippen molar-refractivity contribution in [3.05, 3.63) is 30.3 Å². The van der Waals surface area contributed by atoms with Crippen molar-refractivity contribution in [1.29, 1.82) is 0 Å². The molecule has 2 aliphatic rings. The molecule has 1 saturated heterocycles. The van der Waals surface area contributed by atoms with Crippen LogP contribution in [-0.2, 0) is 9.53 Å². The molecule has 3 nitrogen and oxygen atoms in total. The molecule has 1 heterocycles. The van der Waals surface area contributed by atoms with Gasteiger partial charge in [-0.05, 0) is 31.4 Å². The number of amides is 1. The van der Waals surface area contributed by atoms with Crippen LogP contribution in [0.1, 0.15) is 32.1 Å². The van der Waals surface area contributed by atoms with Crippen LogP contribution in [0, 0.1) is 5.92 Å². The number of hydrogen-bond acceptors (Lipinski definition) is 2. The smallest absolute Gasteiger partial charge is 0.248 e. The van der Waals surface area contributed by atoms with Crippen LogP contribution in [0.25, 0.3) is 0 Å². The van der Waals surface area contributed by atoms with E-state index in [0.717, 1.165) is 12.1 Å². The van der Waals surface area contributed by atoms with E-state index in [1.807, 2.05) is 30.3 Å². The Hall–Kier alpha value is -1.49. The molecule has 0 spiro atoms. The van der Waals surface area contributed by atoms with E-state index in [1.165, 1.54) is 0 Å². The van der Waals surface area contributed by atoms with Crippen molar-refractivity contribution < 1.29 is 18.3 Å². The fourth-order valence-corrected chi connectivity index (χ4v) is 3.32. The molecular weight excluding hydrogens is 288 g/mol. The van der Waals surface area contributed by atoms with Gasteiger partial charge in [0.15, 0.2) is 0 Å². The van der Waals surface area contributed by atoms with Gasteiger partial charge in [0.2, 0.25) is 11.8 Å². The lowest BCUT2D eigenvalue weighted by molar-refractivity contribution is -0.127. The molecule has 1 aliphatic carbocycles. The largest absolute Gasteiger partial charge is 0.379 e. The lowest BCUT2D eigenvalue weighted by Gasteiger charge is -2.34. The van der Waals surface area contributed by atoms with Gasteiger partial charge in [-0.15, -0.1) is 0 Å². The second kappa shape index (κ2) is 6.32. The first-order chi connectivity index (χ1) is 10.6. The topological polar surface area (TPSA) is 29.5 Å². The van der Waals surface area contributed by atoms with Crippen LogP contribution >= 0.6 is 0 Å². The van der Waals surface area contributed by atoms with Crippen molar-refractivity contribution >= 4 is 11.6 Å². The van der Waals surface area contributed by atoms with Crippen molar-refractivity contribution in [2.45, 2.75) is 44.1 Å². The maximum Gasteiger partial charge on any atom is 0.248 e. The predicted molar refractivity (Wildman–Crippen MR) is 80.1 cm³/mol. The van der Waals surface area contributed by atoms with E-state index in [9.17, 15) is 13.6 Å². The summed E-state index contributed by atoms with van der Waals surface area (Å²) in [5.41, 5.74) is 0.834. The molecule has 5 heteroatoms. The van der Waals surface area contributed by atoms with Gasteiger partial charge >= 0.3 is 0 Å².